The number of carbonyl (C=O) groups excluding carboxylic acids is 1. The summed E-state index contributed by atoms with van der Waals surface area (Å²) in [6.45, 7) is 0. The van der Waals surface area contributed by atoms with Gasteiger partial charge in [0.05, 0.1) is 22.2 Å². The van der Waals surface area contributed by atoms with Crippen molar-refractivity contribution in [3.63, 3.8) is 0 Å². The van der Waals surface area contributed by atoms with E-state index in [2.05, 4.69) is 10.3 Å². The van der Waals surface area contributed by atoms with Gasteiger partial charge in [-0.3, -0.25) is 9.78 Å². The van der Waals surface area contributed by atoms with Crippen LogP contribution in [0.4, 0.5) is 39.5 Å². The molecule has 1 aliphatic rings. The van der Waals surface area contributed by atoms with Gasteiger partial charge >= 0.3 is 18.5 Å². The number of hydrogen-bond donors (Lipinski definition) is 1. The Labute approximate surface area is 179 Å². The lowest BCUT2D eigenvalue weighted by Gasteiger charge is -2.18. The summed E-state index contributed by atoms with van der Waals surface area (Å²) >= 11 is 5.91. The Hall–Kier alpha value is -2.34. The Balaban J connectivity index is 1.90. The van der Waals surface area contributed by atoms with E-state index in [1.165, 1.54) is 0 Å². The molecule has 1 fully saturated rings. The molecule has 32 heavy (non-hydrogen) atoms. The Bertz CT molecular complexity index is 999. The van der Waals surface area contributed by atoms with Crippen LogP contribution in [0.2, 0.25) is 5.02 Å². The number of hydrogen-bond acceptors (Lipinski definition) is 3. The van der Waals surface area contributed by atoms with Gasteiger partial charge in [0.25, 0.3) is 0 Å². The molecule has 3 rings (SSSR count). The van der Waals surface area contributed by atoms with Gasteiger partial charge in [-0.2, -0.15) is 39.5 Å². The summed E-state index contributed by atoms with van der Waals surface area (Å²) in [5.41, 5.74) is -5.37. The van der Waals surface area contributed by atoms with Crippen LogP contribution >= 0.6 is 11.6 Å². The van der Waals surface area contributed by atoms with Crippen LogP contribution in [0.15, 0.2) is 30.5 Å². The van der Waals surface area contributed by atoms with Crippen LogP contribution in [0, 0.1) is 0 Å². The lowest BCUT2D eigenvalue weighted by Crippen LogP contribution is -2.33. The molecule has 0 saturated carbocycles. The van der Waals surface area contributed by atoms with Crippen molar-refractivity contribution in [2.45, 2.75) is 43.5 Å². The number of nitrogens with zero attached hydrogens (tertiary/aromatic N) is 1. The summed E-state index contributed by atoms with van der Waals surface area (Å²) < 4.78 is 117. The van der Waals surface area contributed by atoms with Crippen LogP contribution in [-0.4, -0.2) is 16.8 Å². The van der Waals surface area contributed by atoms with Gasteiger partial charge in [0.15, 0.2) is 5.78 Å². The number of Topliss-reactive ketones (excluding diaryl/α,β-unsaturated/α-hetero) is 1. The van der Waals surface area contributed by atoms with Gasteiger partial charge in [-0.15, -0.1) is 0 Å². The highest BCUT2D eigenvalue weighted by atomic mass is 35.5. The second-order valence-electron chi connectivity index (χ2n) is 7.10. The first-order valence-electron chi connectivity index (χ1n) is 8.90. The van der Waals surface area contributed by atoms with E-state index in [9.17, 15) is 44.3 Å². The van der Waals surface area contributed by atoms with E-state index in [-0.39, 0.29) is 29.5 Å². The van der Waals surface area contributed by atoms with Crippen molar-refractivity contribution < 1.29 is 44.3 Å². The number of halogens is 10. The van der Waals surface area contributed by atoms with E-state index >= 15 is 0 Å². The van der Waals surface area contributed by atoms with Gasteiger partial charge < -0.3 is 5.32 Å². The molecule has 1 N–H and O–H groups in total. The standard InChI is InChI=1S/C19H12ClF9N2O/c20-12-7-30-15(19(27,28)29)6-11(12)13-1-2-14(31-13)16(32)8-3-9(17(21,22)23)5-10(4-8)18(24,25)26/h3-7,13-14,31H,1-2H2. The molecule has 0 radical (unpaired) electrons. The van der Waals surface area contributed by atoms with Crippen molar-refractivity contribution >= 4 is 17.4 Å². The molecule has 2 heterocycles. The zero-order chi connectivity index (χ0) is 24.1. The lowest BCUT2D eigenvalue weighted by atomic mass is 9.97. The summed E-state index contributed by atoms with van der Waals surface area (Å²) in [7, 11) is 0. The van der Waals surface area contributed by atoms with Crippen molar-refractivity contribution in [2.24, 2.45) is 0 Å². The molecule has 0 amide bonds. The van der Waals surface area contributed by atoms with Gasteiger partial charge in [0.2, 0.25) is 0 Å². The molecule has 0 spiro atoms. The van der Waals surface area contributed by atoms with E-state index in [0.717, 1.165) is 6.20 Å². The molecule has 1 aromatic heterocycles. The van der Waals surface area contributed by atoms with Crippen LogP contribution in [0.25, 0.3) is 0 Å². The highest BCUT2D eigenvalue weighted by Crippen LogP contribution is 2.39. The van der Waals surface area contributed by atoms with Crippen LogP contribution < -0.4 is 5.32 Å². The average molecular weight is 491 g/mol. The number of nitrogens with one attached hydrogen (secondary N) is 1. The normalized spacial score (nSPS) is 19.9. The number of carbonyl (C=O) groups is 1. The number of aromatic nitrogens is 1. The van der Waals surface area contributed by atoms with Gasteiger partial charge in [-0.25, -0.2) is 0 Å². The maximum atomic E-state index is 13.0. The van der Waals surface area contributed by atoms with Crippen LogP contribution in [0.5, 0.6) is 0 Å². The number of rotatable bonds is 3. The highest BCUT2D eigenvalue weighted by molar-refractivity contribution is 6.31. The Morgan fingerprint density at radius 3 is 1.94 bits per heavy atom. The summed E-state index contributed by atoms with van der Waals surface area (Å²) in [6, 6.07) is -0.895. The zero-order valence-electron chi connectivity index (χ0n) is 15.6. The predicted octanol–water partition coefficient (Wildman–Crippen LogP) is 6.47. The van der Waals surface area contributed by atoms with Crippen molar-refractivity contribution in [3.05, 3.63) is 63.4 Å². The fourth-order valence-electron chi connectivity index (χ4n) is 3.37. The Morgan fingerprint density at radius 2 is 1.44 bits per heavy atom. The Morgan fingerprint density at radius 1 is 0.875 bits per heavy atom. The summed E-state index contributed by atoms with van der Waals surface area (Å²) in [4.78, 5) is 15.9. The maximum absolute atomic E-state index is 13.0. The minimum Gasteiger partial charge on any atom is -0.300 e. The fourth-order valence-corrected chi connectivity index (χ4v) is 3.60. The first-order valence-corrected chi connectivity index (χ1v) is 9.27. The quantitative estimate of drug-likeness (QED) is 0.396. The molecule has 1 saturated heterocycles. The third kappa shape index (κ3) is 5.17. The second kappa shape index (κ2) is 8.22. The molecule has 0 aliphatic carbocycles. The molecule has 1 aliphatic heterocycles. The topological polar surface area (TPSA) is 42.0 Å². The molecule has 0 bridgehead atoms. The van der Waals surface area contributed by atoms with Gasteiger partial charge in [0, 0.05) is 17.8 Å². The van der Waals surface area contributed by atoms with Crippen molar-refractivity contribution in [2.75, 3.05) is 0 Å². The van der Waals surface area contributed by atoms with Gasteiger partial charge in [-0.05, 0) is 42.7 Å². The van der Waals surface area contributed by atoms with Gasteiger partial charge in [0.1, 0.15) is 5.69 Å². The van der Waals surface area contributed by atoms with Gasteiger partial charge in [-0.1, -0.05) is 11.6 Å². The van der Waals surface area contributed by atoms with Crippen LogP contribution in [-0.2, 0) is 18.5 Å². The molecule has 174 valence electrons. The predicted molar refractivity (Wildman–Crippen MR) is 93.9 cm³/mol. The molecule has 2 aromatic rings. The molecular formula is C19H12ClF9N2O. The first-order chi connectivity index (χ1) is 14.6. The minimum atomic E-state index is -5.12. The molecular weight excluding hydrogens is 479 g/mol. The van der Waals surface area contributed by atoms with Crippen molar-refractivity contribution in [1.29, 1.82) is 0 Å². The van der Waals surface area contributed by atoms with Crippen LogP contribution in [0.1, 0.15) is 51.6 Å². The number of pyridine rings is 1. The highest BCUT2D eigenvalue weighted by Gasteiger charge is 2.40. The summed E-state index contributed by atoms with van der Waals surface area (Å²) in [5, 5.41) is 2.51. The number of alkyl halides is 9. The third-order valence-electron chi connectivity index (χ3n) is 4.89. The Kier molecular flexibility index (Phi) is 6.24. The monoisotopic (exact) mass is 490 g/mol. The maximum Gasteiger partial charge on any atom is 0.433 e. The number of ketones is 1. The lowest BCUT2D eigenvalue weighted by molar-refractivity contribution is -0.143. The molecule has 3 nitrogen and oxygen atoms in total. The van der Waals surface area contributed by atoms with E-state index in [1.54, 1.807) is 0 Å². The zero-order valence-corrected chi connectivity index (χ0v) is 16.3. The third-order valence-corrected chi connectivity index (χ3v) is 5.20. The minimum absolute atomic E-state index is 0.0377. The van der Waals surface area contributed by atoms with E-state index in [0.29, 0.717) is 18.2 Å². The molecule has 1 aromatic carbocycles. The molecule has 2 atom stereocenters. The average Bonchev–Trinajstić information content (AvgIpc) is 3.15. The first kappa shape index (κ1) is 24.3. The smallest absolute Gasteiger partial charge is 0.300 e. The van der Waals surface area contributed by atoms with Crippen LogP contribution in [0.3, 0.4) is 0 Å². The second-order valence-corrected chi connectivity index (χ2v) is 7.50. The largest absolute Gasteiger partial charge is 0.433 e. The summed E-state index contributed by atoms with van der Waals surface area (Å²) in [5.74, 6) is -1.05. The van der Waals surface area contributed by atoms with E-state index in [4.69, 9.17) is 11.6 Å². The molecule has 13 heteroatoms. The number of benzene rings is 1. The van der Waals surface area contributed by atoms with Crippen molar-refractivity contribution in [1.82, 2.24) is 10.3 Å². The summed E-state index contributed by atoms with van der Waals surface area (Å²) in [6.07, 6.45) is -14.2. The van der Waals surface area contributed by atoms with Crippen molar-refractivity contribution in [3.8, 4) is 0 Å². The fraction of sp³-hybridized carbons (Fsp3) is 0.368. The molecule has 2 unspecified atom stereocenters. The van der Waals surface area contributed by atoms with E-state index < -0.39 is 58.8 Å². The van der Waals surface area contributed by atoms with E-state index in [1.807, 2.05) is 0 Å². The SMILES string of the molecule is O=C(c1cc(C(F)(F)F)cc(C(F)(F)F)c1)C1CCC(c2cc(C(F)(F)F)ncc2Cl)N1.